The van der Waals surface area contributed by atoms with Crippen molar-refractivity contribution in [1.82, 2.24) is 20.0 Å². The van der Waals surface area contributed by atoms with Crippen molar-refractivity contribution in [2.24, 2.45) is 10.9 Å². The fourth-order valence-corrected chi connectivity index (χ4v) is 4.44. The van der Waals surface area contributed by atoms with Crippen molar-refractivity contribution in [2.45, 2.75) is 20.4 Å². The van der Waals surface area contributed by atoms with Crippen molar-refractivity contribution in [3.05, 3.63) is 22.4 Å². The van der Waals surface area contributed by atoms with Gasteiger partial charge in [0, 0.05) is 70.3 Å². The maximum Gasteiger partial charge on any atom is 0.194 e. The van der Waals surface area contributed by atoms with Crippen LogP contribution in [0.3, 0.4) is 0 Å². The number of nitrogens with zero attached hydrogens (tertiary/aromatic N) is 4. The first-order valence-corrected chi connectivity index (χ1v) is 11.2. The molecule has 2 aliphatic heterocycles. The standard InChI is InChI=1S/C20H35N5OS.HI/c1-3-21-20(22-15-18(2)16-24-10-12-26-13-11-24)25-8-6-23(7-9-25)17-19-5-4-14-27-19;/h4-5,14,18H,3,6-13,15-17H2,1-2H3,(H,21,22);1H. The first-order valence-electron chi connectivity index (χ1n) is 10.3. The summed E-state index contributed by atoms with van der Waals surface area (Å²) in [5.74, 6) is 1.65. The number of guanidine groups is 1. The first-order chi connectivity index (χ1) is 13.2. The third-order valence-electron chi connectivity index (χ3n) is 5.19. The van der Waals surface area contributed by atoms with Crippen LogP contribution in [0.2, 0.25) is 0 Å². The van der Waals surface area contributed by atoms with E-state index < -0.39 is 0 Å². The van der Waals surface area contributed by atoms with Gasteiger partial charge in [0.15, 0.2) is 5.96 Å². The lowest BCUT2D eigenvalue weighted by molar-refractivity contribution is 0.0323. The number of aliphatic imine (C=N–C) groups is 1. The number of ether oxygens (including phenoxy) is 1. The molecule has 0 spiro atoms. The summed E-state index contributed by atoms with van der Waals surface area (Å²) in [4.78, 5) is 13.9. The van der Waals surface area contributed by atoms with Gasteiger partial charge in [-0.2, -0.15) is 0 Å². The zero-order chi connectivity index (χ0) is 18.9. The summed E-state index contributed by atoms with van der Waals surface area (Å²) >= 11 is 1.85. The average Bonchev–Trinajstić information content (AvgIpc) is 3.20. The molecule has 6 nitrogen and oxygen atoms in total. The van der Waals surface area contributed by atoms with Gasteiger partial charge in [-0.15, -0.1) is 35.3 Å². The summed E-state index contributed by atoms with van der Waals surface area (Å²) < 4.78 is 5.44. The Bertz CT molecular complexity index is 557. The Kier molecular flexibility index (Phi) is 11.1. The minimum atomic E-state index is 0. The Balaban J connectivity index is 0.00000280. The van der Waals surface area contributed by atoms with Crippen LogP contribution in [0.1, 0.15) is 18.7 Å². The quantitative estimate of drug-likeness (QED) is 0.339. The molecule has 1 N–H and O–H groups in total. The van der Waals surface area contributed by atoms with Gasteiger partial charge in [0.2, 0.25) is 0 Å². The van der Waals surface area contributed by atoms with E-state index in [1.54, 1.807) is 0 Å². The Morgan fingerprint density at radius 2 is 1.93 bits per heavy atom. The van der Waals surface area contributed by atoms with E-state index in [9.17, 15) is 0 Å². The number of hydrogen-bond donors (Lipinski definition) is 1. The second-order valence-electron chi connectivity index (χ2n) is 7.56. The predicted octanol–water partition coefficient (Wildman–Crippen LogP) is 2.42. The molecule has 8 heteroatoms. The summed E-state index contributed by atoms with van der Waals surface area (Å²) in [5.41, 5.74) is 0. The smallest absolute Gasteiger partial charge is 0.194 e. The van der Waals surface area contributed by atoms with Crippen LogP contribution in [0.15, 0.2) is 22.5 Å². The molecule has 0 aliphatic carbocycles. The van der Waals surface area contributed by atoms with Crippen molar-refractivity contribution in [3.63, 3.8) is 0 Å². The topological polar surface area (TPSA) is 43.3 Å². The fraction of sp³-hybridized carbons (Fsp3) is 0.750. The van der Waals surface area contributed by atoms with E-state index in [0.29, 0.717) is 5.92 Å². The van der Waals surface area contributed by atoms with Crippen LogP contribution in [0.4, 0.5) is 0 Å². The van der Waals surface area contributed by atoms with Crippen LogP contribution in [-0.4, -0.2) is 92.8 Å². The maximum absolute atomic E-state index is 5.44. The highest BCUT2D eigenvalue weighted by molar-refractivity contribution is 14.0. The maximum atomic E-state index is 5.44. The van der Waals surface area contributed by atoms with Crippen molar-refractivity contribution >= 4 is 41.3 Å². The number of nitrogens with one attached hydrogen (secondary N) is 1. The minimum Gasteiger partial charge on any atom is -0.379 e. The summed E-state index contributed by atoms with van der Waals surface area (Å²) in [5, 5.41) is 5.66. The fourth-order valence-electron chi connectivity index (χ4n) is 3.69. The molecule has 1 atom stereocenters. The molecule has 0 bridgehead atoms. The minimum absolute atomic E-state index is 0. The van der Waals surface area contributed by atoms with Gasteiger partial charge in [-0.05, 0) is 24.3 Å². The van der Waals surface area contributed by atoms with Crippen molar-refractivity contribution in [2.75, 3.05) is 72.1 Å². The lowest BCUT2D eigenvalue weighted by Gasteiger charge is -2.36. The van der Waals surface area contributed by atoms with Crippen LogP contribution in [0, 0.1) is 5.92 Å². The largest absolute Gasteiger partial charge is 0.379 e. The zero-order valence-corrected chi connectivity index (χ0v) is 20.5. The molecule has 0 aromatic carbocycles. The Labute approximate surface area is 191 Å². The lowest BCUT2D eigenvalue weighted by atomic mass is 10.1. The number of hydrogen-bond acceptors (Lipinski definition) is 5. The van der Waals surface area contributed by atoms with Gasteiger partial charge in [0.05, 0.1) is 13.2 Å². The van der Waals surface area contributed by atoms with E-state index in [-0.39, 0.29) is 24.0 Å². The highest BCUT2D eigenvalue weighted by atomic mass is 127. The van der Waals surface area contributed by atoms with E-state index in [1.165, 1.54) is 4.88 Å². The van der Waals surface area contributed by atoms with E-state index in [1.807, 2.05) is 11.3 Å². The summed E-state index contributed by atoms with van der Waals surface area (Å²) in [6.07, 6.45) is 0. The molecule has 3 heterocycles. The van der Waals surface area contributed by atoms with Gasteiger partial charge in [0.25, 0.3) is 0 Å². The van der Waals surface area contributed by atoms with Gasteiger partial charge in [0.1, 0.15) is 0 Å². The molecule has 1 aromatic rings. The third kappa shape index (κ3) is 7.78. The number of morpholine rings is 1. The van der Waals surface area contributed by atoms with Crippen LogP contribution < -0.4 is 5.32 Å². The Morgan fingerprint density at radius 1 is 1.18 bits per heavy atom. The van der Waals surface area contributed by atoms with Gasteiger partial charge >= 0.3 is 0 Å². The second-order valence-corrected chi connectivity index (χ2v) is 8.59. The molecule has 3 rings (SSSR count). The molecule has 2 fully saturated rings. The highest BCUT2D eigenvalue weighted by Gasteiger charge is 2.20. The number of thiophene rings is 1. The van der Waals surface area contributed by atoms with Gasteiger partial charge in [-0.3, -0.25) is 14.8 Å². The molecular formula is C20H36IN5OS. The molecular weight excluding hydrogens is 485 g/mol. The van der Waals surface area contributed by atoms with Gasteiger partial charge < -0.3 is 15.0 Å². The van der Waals surface area contributed by atoms with E-state index in [0.717, 1.165) is 84.6 Å². The summed E-state index contributed by atoms with van der Waals surface area (Å²) in [6.45, 7) is 16.6. The van der Waals surface area contributed by atoms with Gasteiger partial charge in [-0.1, -0.05) is 13.0 Å². The SMILES string of the molecule is CCNC(=NCC(C)CN1CCOCC1)N1CCN(Cc2cccs2)CC1.I. The molecule has 0 amide bonds. The van der Waals surface area contributed by atoms with Crippen molar-refractivity contribution in [1.29, 1.82) is 0 Å². The first kappa shape index (κ1) is 23.9. The van der Waals surface area contributed by atoms with Crippen LogP contribution in [-0.2, 0) is 11.3 Å². The highest BCUT2D eigenvalue weighted by Crippen LogP contribution is 2.14. The Hall–Kier alpha value is -0.420. The number of piperazine rings is 1. The molecule has 1 unspecified atom stereocenters. The van der Waals surface area contributed by atoms with Crippen molar-refractivity contribution in [3.8, 4) is 0 Å². The Morgan fingerprint density at radius 3 is 2.57 bits per heavy atom. The number of rotatable bonds is 7. The number of halogens is 1. The van der Waals surface area contributed by atoms with Crippen LogP contribution >= 0.6 is 35.3 Å². The van der Waals surface area contributed by atoms with Crippen LogP contribution in [0.25, 0.3) is 0 Å². The normalized spacial score (nSPS) is 20.6. The second kappa shape index (κ2) is 13.0. The van der Waals surface area contributed by atoms with E-state index in [4.69, 9.17) is 9.73 Å². The summed E-state index contributed by atoms with van der Waals surface area (Å²) in [7, 11) is 0. The van der Waals surface area contributed by atoms with E-state index in [2.05, 4.69) is 51.4 Å². The third-order valence-corrected chi connectivity index (χ3v) is 6.05. The molecule has 0 radical (unpaired) electrons. The van der Waals surface area contributed by atoms with Crippen molar-refractivity contribution < 1.29 is 4.74 Å². The summed E-state index contributed by atoms with van der Waals surface area (Å²) in [6, 6.07) is 4.38. The molecule has 0 saturated carbocycles. The lowest BCUT2D eigenvalue weighted by Crippen LogP contribution is -2.52. The average molecular weight is 522 g/mol. The molecule has 160 valence electrons. The molecule has 2 saturated heterocycles. The molecule has 2 aliphatic rings. The molecule has 1 aromatic heterocycles. The van der Waals surface area contributed by atoms with E-state index >= 15 is 0 Å². The predicted molar refractivity (Wildman–Crippen MR) is 129 cm³/mol. The van der Waals surface area contributed by atoms with Gasteiger partial charge in [-0.25, -0.2) is 0 Å². The zero-order valence-electron chi connectivity index (χ0n) is 17.3. The van der Waals surface area contributed by atoms with Crippen LogP contribution in [0.5, 0.6) is 0 Å². The monoisotopic (exact) mass is 521 g/mol. The molecule has 28 heavy (non-hydrogen) atoms.